The monoisotopic (exact) mass is 355 g/mol. The second kappa shape index (κ2) is 10.8. The Hall–Kier alpha value is -3.02. The molecule has 0 spiro atoms. The fraction of sp³-hybridized carbons (Fsp3) is 0.300. The highest BCUT2D eigenvalue weighted by molar-refractivity contribution is 5.75. The zero-order valence-electron chi connectivity index (χ0n) is 14.7. The van der Waals surface area contributed by atoms with Gasteiger partial charge >= 0.3 is 6.03 Å². The van der Waals surface area contributed by atoms with E-state index in [1.807, 2.05) is 54.6 Å². The number of rotatable bonds is 10. The lowest BCUT2D eigenvalue weighted by Gasteiger charge is -2.09. The summed E-state index contributed by atoms with van der Waals surface area (Å²) in [5.74, 6) is 0.762. The zero-order chi connectivity index (χ0) is 18.6. The molecule has 0 aromatic heterocycles. The third-order valence-electron chi connectivity index (χ3n) is 3.77. The minimum absolute atomic E-state index is 0.0142. The summed E-state index contributed by atoms with van der Waals surface area (Å²) in [6, 6.07) is 17.1. The van der Waals surface area contributed by atoms with Crippen molar-refractivity contribution in [3.05, 3.63) is 65.7 Å². The Bertz CT molecular complexity index is 704. The van der Waals surface area contributed by atoms with Crippen LogP contribution in [0.4, 0.5) is 4.79 Å². The Kier molecular flexibility index (Phi) is 7.99. The topological polar surface area (TPSA) is 93.5 Å². The molecule has 138 valence electrons. The highest BCUT2D eigenvalue weighted by Gasteiger charge is 2.03. The van der Waals surface area contributed by atoms with Crippen molar-refractivity contribution >= 4 is 11.9 Å². The minimum atomic E-state index is -0.538. The van der Waals surface area contributed by atoms with Gasteiger partial charge in [-0.15, -0.1) is 0 Å². The molecule has 0 unspecified atom stereocenters. The van der Waals surface area contributed by atoms with Crippen LogP contribution >= 0.6 is 0 Å². The van der Waals surface area contributed by atoms with Gasteiger partial charge in [-0.05, 0) is 36.1 Å². The van der Waals surface area contributed by atoms with Crippen molar-refractivity contribution in [3.8, 4) is 5.75 Å². The Labute approximate surface area is 153 Å². The average Bonchev–Trinajstić information content (AvgIpc) is 2.65. The lowest BCUT2D eigenvalue weighted by atomic mass is 10.2. The molecule has 0 saturated carbocycles. The molecule has 6 heteroatoms. The van der Waals surface area contributed by atoms with Crippen LogP contribution in [0.1, 0.15) is 30.4 Å². The molecule has 0 aliphatic carbocycles. The quantitative estimate of drug-likeness (QED) is 0.572. The summed E-state index contributed by atoms with van der Waals surface area (Å²) in [7, 11) is 0. The van der Waals surface area contributed by atoms with Gasteiger partial charge in [0.1, 0.15) is 12.4 Å². The van der Waals surface area contributed by atoms with E-state index in [1.165, 1.54) is 0 Å². The smallest absolute Gasteiger partial charge is 0.312 e. The molecule has 0 saturated heterocycles. The van der Waals surface area contributed by atoms with Crippen LogP contribution in [-0.4, -0.2) is 18.5 Å². The Morgan fingerprint density at radius 3 is 2.46 bits per heavy atom. The van der Waals surface area contributed by atoms with Crippen molar-refractivity contribution < 1.29 is 14.3 Å². The Balaban J connectivity index is 1.69. The second-order valence-corrected chi connectivity index (χ2v) is 5.95. The van der Waals surface area contributed by atoms with E-state index < -0.39 is 6.03 Å². The van der Waals surface area contributed by atoms with E-state index >= 15 is 0 Å². The third kappa shape index (κ3) is 7.70. The number of carbonyl (C=O) groups excluding carboxylic acids is 2. The number of carbonyl (C=O) groups is 2. The fourth-order valence-electron chi connectivity index (χ4n) is 2.40. The molecule has 0 fully saturated rings. The molecule has 2 aromatic rings. The number of amides is 3. The van der Waals surface area contributed by atoms with Crippen molar-refractivity contribution in [2.75, 3.05) is 6.54 Å². The van der Waals surface area contributed by atoms with E-state index in [-0.39, 0.29) is 5.91 Å². The third-order valence-corrected chi connectivity index (χ3v) is 3.77. The second-order valence-electron chi connectivity index (χ2n) is 5.95. The van der Waals surface area contributed by atoms with Crippen molar-refractivity contribution in [2.45, 2.75) is 32.4 Å². The van der Waals surface area contributed by atoms with Crippen LogP contribution in [0.15, 0.2) is 54.6 Å². The van der Waals surface area contributed by atoms with Gasteiger partial charge in [0.15, 0.2) is 0 Å². The van der Waals surface area contributed by atoms with Crippen LogP contribution < -0.4 is 21.1 Å². The molecule has 2 rings (SSSR count). The molecule has 6 nitrogen and oxygen atoms in total. The van der Waals surface area contributed by atoms with Gasteiger partial charge in [-0.1, -0.05) is 42.5 Å². The summed E-state index contributed by atoms with van der Waals surface area (Å²) in [5, 5.41) is 5.39. The summed E-state index contributed by atoms with van der Waals surface area (Å²) >= 11 is 0. The van der Waals surface area contributed by atoms with Gasteiger partial charge < -0.3 is 21.1 Å². The number of urea groups is 1. The van der Waals surface area contributed by atoms with Crippen molar-refractivity contribution in [2.24, 2.45) is 5.73 Å². The maximum atomic E-state index is 11.9. The van der Waals surface area contributed by atoms with Crippen LogP contribution in [0.5, 0.6) is 5.75 Å². The van der Waals surface area contributed by atoms with Gasteiger partial charge in [-0.2, -0.15) is 0 Å². The first-order valence-corrected chi connectivity index (χ1v) is 8.69. The number of unbranched alkanes of at least 4 members (excludes halogenated alkanes) is 1. The van der Waals surface area contributed by atoms with Crippen molar-refractivity contribution in [3.63, 3.8) is 0 Å². The summed E-state index contributed by atoms with van der Waals surface area (Å²) in [6.45, 7) is 1.46. The van der Waals surface area contributed by atoms with Gasteiger partial charge in [-0.25, -0.2) is 4.79 Å². The van der Waals surface area contributed by atoms with Gasteiger partial charge in [-0.3, -0.25) is 4.79 Å². The summed E-state index contributed by atoms with van der Waals surface area (Å²) in [4.78, 5) is 22.4. The number of hydrogen-bond donors (Lipinski definition) is 3. The molecule has 0 heterocycles. The number of hydrogen-bond acceptors (Lipinski definition) is 3. The van der Waals surface area contributed by atoms with E-state index in [1.54, 1.807) is 0 Å². The molecule has 0 aliphatic heterocycles. The largest absolute Gasteiger partial charge is 0.489 e. The maximum Gasteiger partial charge on any atom is 0.312 e. The molecule has 0 radical (unpaired) electrons. The number of benzene rings is 2. The van der Waals surface area contributed by atoms with Gasteiger partial charge in [0, 0.05) is 19.5 Å². The first-order valence-electron chi connectivity index (χ1n) is 8.69. The maximum absolute atomic E-state index is 11.9. The highest BCUT2D eigenvalue weighted by atomic mass is 16.5. The van der Waals surface area contributed by atoms with Crippen molar-refractivity contribution in [1.82, 2.24) is 10.6 Å². The van der Waals surface area contributed by atoms with E-state index in [4.69, 9.17) is 10.5 Å². The molecular formula is C20H25N3O3. The van der Waals surface area contributed by atoms with Crippen LogP contribution in [0.3, 0.4) is 0 Å². The highest BCUT2D eigenvalue weighted by Crippen LogP contribution is 2.15. The molecule has 3 amide bonds. The molecular weight excluding hydrogens is 330 g/mol. The molecule has 0 atom stereocenters. The number of nitrogens with one attached hydrogen (secondary N) is 2. The van der Waals surface area contributed by atoms with Crippen LogP contribution in [-0.2, 0) is 17.9 Å². The first-order chi connectivity index (χ1) is 12.6. The van der Waals surface area contributed by atoms with Crippen LogP contribution in [0.25, 0.3) is 0 Å². The molecule has 4 N–H and O–H groups in total. The van der Waals surface area contributed by atoms with Crippen molar-refractivity contribution in [1.29, 1.82) is 0 Å². The van der Waals surface area contributed by atoms with Gasteiger partial charge in [0.25, 0.3) is 0 Å². The predicted octanol–water partition coefficient (Wildman–Crippen LogP) is 2.72. The number of nitrogens with two attached hydrogens (primary N) is 1. The van der Waals surface area contributed by atoms with Gasteiger partial charge in [0.05, 0.1) is 0 Å². The van der Waals surface area contributed by atoms with E-state index in [2.05, 4.69) is 10.6 Å². The van der Waals surface area contributed by atoms with Crippen LogP contribution in [0.2, 0.25) is 0 Å². The summed E-state index contributed by atoms with van der Waals surface area (Å²) in [5.41, 5.74) is 7.07. The zero-order valence-corrected chi connectivity index (χ0v) is 14.7. The van der Waals surface area contributed by atoms with Gasteiger partial charge in [0.2, 0.25) is 5.91 Å². The van der Waals surface area contributed by atoms with Crippen LogP contribution in [0, 0.1) is 0 Å². The van der Waals surface area contributed by atoms with E-state index in [9.17, 15) is 9.59 Å². The summed E-state index contributed by atoms with van der Waals surface area (Å²) in [6.07, 6.45) is 1.84. The summed E-state index contributed by atoms with van der Waals surface area (Å²) < 4.78 is 5.79. The van der Waals surface area contributed by atoms with E-state index in [0.29, 0.717) is 32.5 Å². The average molecular weight is 355 g/mol. The molecule has 26 heavy (non-hydrogen) atoms. The standard InChI is InChI=1S/C20H25N3O3/c21-20(25)22-12-5-4-11-19(24)23-14-17-9-6-10-18(13-17)26-15-16-7-2-1-3-8-16/h1-3,6-10,13H,4-5,11-12,14-15H2,(H,23,24)(H3,21,22,25). The molecule has 0 bridgehead atoms. The molecule has 0 aliphatic rings. The van der Waals surface area contributed by atoms with E-state index in [0.717, 1.165) is 23.3 Å². The SMILES string of the molecule is NC(=O)NCCCCC(=O)NCc1cccc(OCc2ccccc2)c1. The lowest BCUT2D eigenvalue weighted by molar-refractivity contribution is -0.121. The first kappa shape index (κ1) is 19.3. The molecule has 2 aromatic carbocycles. The minimum Gasteiger partial charge on any atom is -0.489 e. The Morgan fingerprint density at radius 2 is 1.69 bits per heavy atom. The lowest BCUT2D eigenvalue weighted by Crippen LogP contribution is -2.30. The predicted molar refractivity (Wildman–Crippen MR) is 100 cm³/mol. The fourth-order valence-corrected chi connectivity index (χ4v) is 2.40. The normalized spacial score (nSPS) is 10.2. The Morgan fingerprint density at radius 1 is 0.923 bits per heavy atom. The number of ether oxygens (including phenoxy) is 1. The number of primary amides is 1.